The zero-order valence-electron chi connectivity index (χ0n) is 10.1. The predicted molar refractivity (Wildman–Crippen MR) is 66.8 cm³/mol. The van der Waals surface area contributed by atoms with Crippen molar-refractivity contribution >= 4 is 5.97 Å². The number of carboxylic acids is 1. The Hall–Kier alpha value is -1.35. The van der Waals surface area contributed by atoms with Crippen molar-refractivity contribution in [1.82, 2.24) is 5.32 Å². The van der Waals surface area contributed by atoms with E-state index in [4.69, 9.17) is 0 Å². The molecule has 0 aromatic heterocycles. The Morgan fingerprint density at radius 3 is 2.47 bits per heavy atom. The number of carboxylic acid groups (broad SMARTS) is 1. The van der Waals surface area contributed by atoms with Crippen LogP contribution in [0.1, 0.15) is 37.8 Å². The minimum absolute atomic E-state index is 0.269. The molecule has 17 heavy (non-hydrogen) atoms. The molecule has 1 aromatic rings. The summed E-state index contributed by atoms with van der Waals surface area (Å²) < 4.78 is 0. The van der Waals surface area contributed by atoms with E-state index in [0.29, 0.717) is 5.92 Å². The highest BCUT2D eigenvalue weighted by atomic mass is 16.4. The molecular weight excluding hydrogens is 214 g/mol. The molecule has 92 valence electrons. The van der Waals surface area contributed by atoms with Gasteiger partial charge in [-0.25, -0.2) is 0 Å². The molecule has 0 spiro atoms. The Balaban J connectivity index is 2.05. The van der Waals surface area contributed by atoms with E-state index in [0.717, 1.165) is 5.56 Å². The molecule has 2 atom stereocenters. The molecule has 1 aliphatic rings. The van der Waals surface area contributed by atoms with E-state index in [1.807, 2.05) is 30.3 Å². The monoisotopic (exact) mass is 233 g/mol. The van der Waals surface area contributed by atoms with Gasteiger partial charge in [-0.05, 0) is 31.2 Å². The van der Waals surface area contributed by atoms with Crippen LogP contribution in [0.3, 0.4) is 0 Å². The van der Waals surface area contributed by atoms with Crippen molar-refractivity contribution in [2.45, 2.75) is 38.3 Å². The molecule has 1 fully saturated rings. The van der Waals surface area contributed by atoms with Crippen molar-refractivity contribution in [3.8, 4) is 0 Å². The van der Waals surface area contributed by atoms with Gasteiger partial charge in [-0.15, -0.1) is 0 Å². The number of rotatable bonds is 5. The molecule has 0 saturated heterocycles. The maximum atomic E-state index is 11.3. The highest BCUT2D eigenvalue weighted by molar-refractivity contribution is 5.75. The first kappa shape index (κ1) is 12.1. The summed E-state index contributed by atoms with van der Waals surface area (Å²) in [5, 5.41) is 12.5. The number of benzene rings is 1. The van der Waals surface area contributed by atoms with E-state index in [-0.39, 0.29) is 6.04 Å². The maximum Gasteiger partial charge on any atom is 0.325 e. The molecular formula is C14H19NO2. The second-order valence-corrected chi connectivity index (χ2v) is 4.83. The van der Waals surface area contributed by atoms with Crippen molar-refractivity contribution in [3.05, 3.63) is 35.9 Å². The molecule has 2 unspecified atom stereocenters. The van der Waals surface area contributed by atoms with E-state index < -0.39 is 12.0 Å². The van der Waals surface area contributed by atoms with Gasteiger partial charge in [0.2, 0.25) is 0 Å². The summed E-state index contributed by atoms with van der Waals surface area (Å²) in [6.07, 6.45) is 3.71. The van der Waals surface area contributed by atoms with E-state index in [1.54, 1.807) is 0 Å². The zero-order chi connectivity index (χ0) is 12.3. The molecule has 0 aliphatic heterocycles. The zero-order valence-corrected chi connectivity index (χ0v) is 10.1. The lowest BCUT2D eigenvalue weighted by Crippen LogP contribution is -2.41. The lowest BCUT2D eigenvalue weighted by molar-refractivity contribution is -0.140. The van der Waals surface area contributed by atoms with Crippen molar-refractivity contribution in [1.29, 1.82) is 0 Å². The molecule has 0 bridgehead atoms. The van der Waals surface area contributed by atoms with Crippen molar-refractivity contribution in [2.24, 2.45) is 5.92 Å². The summed E-state index contributed by atoms with van der Waals surface area (Å²) in [6, 6.07) is 9.05. The van der Waals surface area contributed by atoms with Crippen LogP contribution in [0.5, 0.6) is 0 Å². The van der Waals surface area contributed by atoms with Gasteiger partial charge in [0.25, 0.3) is 0 Å². The quantitative estimate of drug-likeness (QED) is 0.821. The SMILES string of the molecule is CC(NC(C(=O)O)c1ccccc1)C1CCC1. The number of carbonyl (C=O) groups is 1. The average Bonchev–Trinajstić information content (AvgIpc) is 2.24. The third kappa shape index (κ3) is 2.86. The molecule has 0 heterocycles. The van der Waals surface area contributed by atoms with Gasteiger partial charge in [0.05, 0.1) is 0 Å². The summed E-state index contributed by atoms with van der Waals surface area (Å²) in [5.74, 6) is -0.164. The second-order valence-electron chi connectivity index (χ2n) is 4.83. The number of hydrogen-bond acceptors (Lipinski definition) is 2. The van der Waals surface area contributed by atoms with Gasteiger partial charge >= 0.3 is 5.97 Å². The fourth-order valence-corrected chi connectivity index (χ4v) is 2.29. The Bertz CT molecular complexity index is 373. The van der Waals surface area contributed by atoms with Crippen LogP contribution >= 0.6 is 0 Å². The standard InChI is InChI=1S/C14H19NO2/c1-10(11-8-5-9-11)15-13(14(16)17)12-6-3-2-4-7-12/h2-4,6-7,10-11,13,15H,5,8-9H2,1H3,(H,16,17). The first-order chi connectivity index (χ1) is 8.18. The minimum atomic E-state index is -0.803. The maximum absolute atomic E-state index is 11.3. The summed E-state index contributed by atoms with van der Waals surface area (Å²) in [4.78, 5) is 11.3. The van der Waals surface area contributed by atoms with Crippen LogP contribution in [0.2, 0.25) is 0 Å². The van der Waals surface area contributed by atoms with Crippen LogP contribution in [-0.4, -0.2) is 17.1 Å². The van der Waals surface area contributed by atoms with Crippen LogP contribution < -0.4 is 5.32 Å². The minimum Gasteiger partial charge on any atom is -0.480 e. The predicted octanol–water partition coefficient (Wildman–Crippen LogP) is 2.59. The fraction of sp³-hybridized carbons (Fsp3) is 0.500. The topological polar surface area (TPSA) is 49.3 Å². The Morgan fingerprint density at radius 2 is 2.00 bits per heavy atom. The largest absolute Gasteiger partial charge is 0.480 e. The molecule has 2 N–H and O–H groups in total. The Morgan fingerprint density at radius 1 is 1.35 bits per heavy atom. The summed E-state index contributed by atoms with van der Waals surface area (Å²) in [7, 11) is 0. The van der Waals surface area contributed by atoms with Crippen LogP contribution in [0.25, 0.3) is 0 Å². The first-order valence-corrected chi connectivity index (χ1v) is 6.22. The highest BCUT2D eigenvalue weighted by Crippen LogP contribution is 2.30. The van der Waals surface area contributed by atoms with Crippen molar-refractivity contribution < 1.29 is 9.90 Å². The summed E-state index contributed by atoms with van der Waals surface area (Å²) in [6.45, 7) is 2.09. The van der Waals surface area contributed by atoms with Gasteiger partial charge in [0.15, 0.2) is 0 Å². The van der Waals surface area contributed by atoms with Gasteiger partial charge in [0.1, 0.15) is 6.04 Å². The third-order valence-corrected chi connectivity index (χ3v) is 3.67. The third-order valence-electron chi connectivity index (χ3n) is 3.67. The van der Waals surface area contributed by atoms with Gasteiger partial charge < -0.3 is 5.11 Å². The average molecular weight is 233 g/mol. The van der Waals surface area contributed by atoms with Crippen LogP contribution in [0.15, 0.2) is 30.3 Å². The summed E-state index contributed by atoms with van der Waals surface area (Å²) >= 11 is 0. The van der Waals surface area contributed by atoms with E-state index in [2.05, 4.69) is 12.2 Å². The van der Waals surface area contributed by atoms with Crippen LogP contribution in [-0.2, 0) is 4.79 Å². The molecule has 1 aromatic carbocycles. The van der Waals surface area contributed by atoms with Crippen LogP contribution in [0.4, 0.5) is 0 Å². The number of aliphatic carboxylic acids is 1. The smallest absolute Gasteiger partial charge is 0.325 e. The number of hydrogen-bond donors (Lipinski definition) is 2. The Kier molecular flexibility index (Phi) is 3.79. The first-order valence-electron chi connectivity index (χ1n) is 6.22. The van der Waals surface area contributed by atoms with Crippen molar-refractivity contribution in [2.75, 3.05) is 0 Å². The lowest BCUT2D eigenvalue weighted by atomic mass is 9.80. The Labute approximate surface area is 102 Å². The molecule has 1 saturated carbocycles. The van der Waals surface area contributed by atoms with Crippen LogP contribution in [0, 0.1) is 5.92 Å². The molecule has 3 heteroatoms. The van der Waals surface area contributed by atoms with Crippen molar-refractivity contribution in [3.63, 3.8) is 0 Å². The molecule has 1 aliphatic carbocycles. The highest BCUT2D eigenvalue weighted by Gasteiger charge is 2.28. The van der Waals surface area contributed by atoms with Gasteiger partial charge in [-0.3, -0.25) is 10.1 Å². The van der Waals surface area contributed by atoms with Gasteiger partial charge in [-0.1, -0.05) is 36.8 Å². The normalized spacial score (nSPS) is 19.4. The molecule has 2 rings (SSSR count). The molecule has 3 nitrogen and oxygen atoms in total. The van der Waals surface area contributed by atoms with Gasteiger partial charge in [0, 0.05) is 6.04 Å². The van der Waals surface area contributed by atoms with Gasteiger partial charge in [-0.2, -0.15) is 0 Å². The molecule has 0 amide bonds. The van der Waals surface area contributed by atoms with E-state index in [9.17, 15) is 9.90 Å². The number of nitrogens with one attached hydrogen (secondary N) is 1. The fourth-order valence-electron chi connectivity index (χ4n) is 2.29. The van der Waals surface area contributed by atoms with E-state index in [1.165, 1.54) is 19.3 Å². The lowest BCUT2D eigenvalue weighted by Gasteiger charge is -2.33. The molecule has 0 radical (unpaired) electrons. The summed E-state index contributed by atoms with van der Waals surface area (Å²) in [5.41, 5.74) is 0.825. The van der Waals surface area contributed by atoms with E-state index >= 15 is 0 Å². The second kappa shape index (κ2) is 5.32.